The van der Waals surface area contributed by atoms with Crippen molar-refractivity contribution in [3.8, 4) is 62.1 Å². The molecular formula is C46H28O6. The second kappa shape index (κ2) is 10.9. The van der Waals surface area contributed by atoms with E-state index in [-0.39, 0.29) is 5.56 Å². The first-order valence-electron chi connectivity index (χ1n) is 16.9. The average Bonchev–Trinajstić information content (AvgIpc) is 3.57. The molecule has 10 aromatic rings. The number of phenols is 5. The van der Waals surface area contributed by atoms with Gasteiger partial charge in [-0.15, -0.1) is 0 Å². The first-order valence-corrected chi connectivity index (χ1v) is 16.9. The number of aromatic hydroxyl groups is 5. The van der Waals surface area contributed by atoms with Gasteiger partial charge >= 0.3 is 0 Å². The van der Waals surface area contributed by atoms with Gasteiger partial charge in [-0.3, -0.25) is 0 Å². The van der Waals surface area contributed by atoms with Crippen molar-refractivity contribution in [1.29, 1.82) is 0 Å². The van der Waals surface area contributed by atoms with E-state index in [4.69, 9.17) is 4.42 Å². The summed E-state index contributed by atoms with van der Waals surface area (Å²) in [4.78, 5) is 0. The van der Waals surface area contributed by atoms with Gasteiger partial charge in [-0.2, -0.15) is 0 Å². The van der Waals surface area contributed by atoms with E-state index < -0.39 is 28.7 Å². The summed E-state index contributed by atoms with van der Waals surface area (Å²) in [5, 5.41) is 62.9. The van der Waals surface area contributed by atoms with Crippen LogP contribution in [0.15, 0.2) is 144 Å². The third-order valence-corrected chi connectivity index (χ3v) is 10.4. The van der Waals surface area contributed by atoms with Gasteiger partial charge in [0.15, 0.2) is 11.5 Å². The first-order chi connectivity index (χ1) is 25.4. The molecule has 0 amide bonds. The number of phenolic OH excluding ortho intramolecular Hbond substituents is 5. The zero-order valence-electron chi connectivity index (χ0n) is 27.4. The highest BCUT2D eigenvalue weighted by Crippen LogP contribution is 2.58. The standard InChI is InChI=1S/C46H28O6/c47-41-40(42(48)44(50)45(51)43(41)49)39-30-14-5-3-12-28(30)38(29-13-4-6-15-31(29)39)26-21-22-36-35(23-26)34-18-8-17-33(46(34)52-36)32-16-7-10-25-20-19-24-9-1-2-11-27(24)37(25)32/h1-23,47-51H. The van der Waals surface area contributed by atoms with Crippen LogP contribution in [0.25, 0.3) is 98.4 Å². The van der Waals surface area contributed by atoms with Gasteiger partial charge < -0.3 is 29.9 Å². The second-order valence-corrected chi connectivity index (χ2v) is 13.1. The number of rotatable bonds is 3. The highest BCUT2D eigenvalue weighted by Gasteiger charge is 2.28. The molecule has 0 aliphatic rings. The number of furan rings is 1. The molecule has 0 aliphatic carbocycles. The Bertz CT molecular complexity index is 3050. The number of para-hydroxylation sites is 1. The lowest BCUT2D eigenvalue weighted by Crippen LogP contribution is -1.92. The zero-order chi connectivity index (χ0) is 35.2. The van der Waals surface area contributed by atoms with E-state index in [1.165, 1.54) is 16.2 Å². The largest absolute Gasteiger partial charge is 0.504 e. The molecule has 0 aliphatic heterocycles. The van der Waals surface area contributed by atoms with Crippen molar-refractivity contribution in [2.75, 3.05) is 0 Å². The number of benzene rings is 9. The Morgan fingerprint density at radius 2 is 0.865 bits per heavy atom. The van der Waals surface area contributed by atoms with Gasteiger partial charge in [-0.05, 0) is 71.9 Å². The normalized spacial score (nSPS) is 11.8. The minimum atomic E-state index is -0.999. The topological polar surface area (TPSA) is 114 Å². The third kappa shape index (κ3) is 4.06. The molecule has 0 bridgehead atoms. The summed E-state index contributed by atoms with van der Waals surface area (Å²) in [6.45, 7) is 0. The lowest BCUT2D eigenvalue weighted by Gasteiger charge is -2.20. The Morgan fingerprint density at radius 1 is 0.346 bits per heavy atom. The molecule has 0 radical (unpaired) electrons. The quantitative estimate of drug-likeness (QED) is 0.0551. The summed E-state index contributed by atoms with van der Waals surface area (Å²) in [7, 11) is 0. The van der Waals surface area contributed by atoms with Crippen LogP contribution < -0.4 is 0 Å². The van der Waals surface area contributed by atoms with Crippen LogP contribution in [-0.4, -0.2) is 25.5 Å². The van der Waals surface area contributed by atoms with Crippen LogP contribution in [0.1, 0.15) is 0 Å². The summed E-state index contributed by atoms with van der Waals surface area (Å²) in [6.07, 6.45) is 0. The molecule has 0 saturated heterocycles. The maximum Gasteiger partial charge on any atom is 0.208 e. The average molecular weight is 677 g/mol. The van der Waals surface area contributed by atoms with Gasteiger partial charge in [-0.1, -0.05) is 127 Å². The number of fused-ring (bicyclic) bond motifs is 8. The molecule has 0 unspecified atom stereocenters. The Hall–Kier alpha value is -7.18. The van der Waals surface area contributed by atoms with Gasteiger partial charge in [0.1, 0.15) is 11.2 Å². The SMILES string of the molecule is Oc1c(O)c(O)c(-c2c3ccccc3c(-c3ccc4oc5c(-c6cccc7ccc8ccccc8c67)cccc5c4c3)c3ccccc23)c(O)c1O. The molecule has 6 heteroatoms. The van der Waals surface area contributed by atoms with Crippen molar-refractivity contribution >= 4 is 65.0 Å². The van der Waals surface area contributed by atoms with Gasteiger partial charge in [0.05, 0.1) is 5.56 Å². The maximum absolute atomic E-state index is 11.1. The molecule has 0 fully saturated rings. The number of hydrogen-bond donors (Lipinski definition) is 5. The van der Waals surface area contributed by atoms with Crippen LogP contribution in [-0.2, 0) is 0 Å². The minimum Gasteiger partial charge on any atom is -0.504 e. The molecule has 0 atom stereocenters. The van der Waals surface area contributed by atoms with Crippen molar-refractivity contribution < 1.29 is 29.9 Å². The summed E-state index contributed by atoms with van der Waals surface area (Å²) in [5.74, 6) is -4.32. The molecule has 0 saturated carbocycles. The van der Waals surface area contributed by atoms with Gasteiger partial charge in [0.25, 0.3) is 0 Å². The van der Waals surface area contributed by atoms with Crippen molar-refractivity contribution in [2.24, 2.45) is 0 Å². The molecule has 5 N–H and O–H groups in total. The van der Waals surface area contributed by atoms with Crippen LogP contribution in [0.2, 0.25) is 0 Å². The van der Waals surface area contributed by atoms with E-state index in [1.807, 2.05) is 60.7 Å². The summed E-state index contributed by atoms with van der Waals surface area (Å²) in [6, 6.07) is 46.8. The van der Waals surface area contributed by atoms with E-state index >= 15 is 0 Å². The fraction of sp³-hybridized carbons (Fsp3) is 0. The molecule has 1 aromatic heterocycles. The molecular weight excluding hydrogens is 649 g/mol. The Balaban J connectivity index is 1.24. The maximum atomic E-state index is 11.1. The molecule has 10 rings (SSSR count). The molecule has 9 aromatic carbocycles. The van der Waals surface area contributed by atoms with Crippen molar-refractivity contribution in [2.45, 2.75) is 0 Å². The van der Waals surface area contributed by atoms with E-state index in [9.17, 15) is 25.5 Å². The molecule has 6 nitrogen and oxygen atoms in total. The Kier molecular flexibility index (Phi) is 6.23. The summed E-state index contributed by atoms with van der Waals surface area (Å²) < 4.78 is 6.68. The molecule has 52 heavy (non-hydrogen) atoms. The van der Waals surface area contributed by atoms with Crippen molar-refractivity contribution in [1.82, 2.24) is 0 Å². The van der Waals surface area contributed by atoms with E-state index in [2.05, 4.69) is 78.9 Å². The molecule has 0 spiro atoms. The molecule has 1 heterocycles. The predicted octanol–water partition coefficient (Wildman–Crippen LogP) is 11.7. The highest BCUT2D eigenvalue weighted by molar-refractivity contribution is 6.24. The van der Waals surface area contributed by atoms with Crippen molar-refractivity contribution in [3.05, 3.63) is 140 Å². The second-order valence-electron chi connectivity index (χ2n) is 13.1. The zero-order valence-corrected chi connectivity index (χ0v) is 27.4. The van der Waals surface area contributed by atoms with Gasteiger partial charge in [0, 0.05) is 21.9 Å². The van der Waals surface area contributed by atoms with Crippen LogP contribution in [0, 0.1) is 0 Å². The van der Waals surface area contributed by atoms with E-state index in [1.54, 1.807) is 0 Å². The molecule has 248 valence electrons. The Labute approximate surface area is 295 Å². The fourth-order valence-electron chi connectivity index (χ4n) is 8.08. The smallest absolute Gasteiger partial charge is 0.208 e. The fourth-order valence-corrected chi connectivity index (χ4v) is 8.08. The van der Waals surface area contributed by atoms with Crippen molar-refractivity contribution in [3.63, 3.8) is 0 Å². The predicted molar refractivity (Wildman–Crippen MR) is 208 cm³/mol. The minimum absolute atomic E-state index is 0.184. The summed E-state index contributed by atoms with van der Waals surface area (Å²) >= 11 is 0. The van der Waals surface area contributed by atoms with Gasteiger partial charge in [-0.25, -0.2) is 0 Å². The van der Waals surface area contributed by atoms with E-state index in [0.717, 1.165) is 60.4 Å². The Morgan fingerprint density at radius 3 is 1.56 bits per heavy atom. The number of hydrogen-bond acceptors (Lipinski definition) is 6. The van der Waals surface area contributed by atoms with Gasteiger partial charge in [0.2, 0.25) is 17.2 Å². The van der Waals surface area contributed by atoms with Crippen LogP contribution >= 0.6 is 0 Å². The lowest BCUT2D eigenvalue weighted by molar-refractivity contribution is 0.330. The lowest BCUT2D eigenvalue weighted by atomic mass is 9.85. The monoisotopic (exact) mass is 676 g/mol. The van der Waals surface area contributed by atoms with Crippen LogP contribution in [0.5, 0.6) is 28.7 Å². The van der Waals surface area contributed by atoms with Crippen LogP contribution in [0.3, 0.4) is 0 Å². The van der Waals surface area contributed by atoms with E-state index in [0.29, 0.717) is 16.3 Å². The van der Waals surface area contributed by atoms with Crippen LogP contribution in [0.4, 0.5) is 0 Å². The summed E-state index contributed by atoms with van der Waals surface area (Å²) in [5.41, 5.74) is 5.75. The third-order valence-electron chi connectivity index (χ3n) is 10.4. The first kappa shape index (κ1) is 29.7. The highest BCUT2D eigenvalue weighted by atomic mass is 16.4.